The first-order valence-electron chi connectivity index (χ1n) is 12.5. The van der Waals surface area contributed by atoms with Crippen LogP contribution in [-0.4, -0.2) is 52.7 Å². The molecule has 180 valence electrons. The van der Waals surface area contributed by atoms with Gasteiger partial charge < -0.3 is 15.1 Å². The van der Waals surface area contributed by atoms with Crippen LogP contribution in [0.15, 0.2) is 42.5 Å². The first kappa shape index (κ1) is 24.0. The van der Waals surface area contributed by atoms with Crippen molar-refractivity contribution in [3.05, 3.63) is 64.7 Å². The highest BCUT2D eigenvalue weighted by Gasteiger charge is 2.28. The van der Waals surface area contributed by atoms with Gasteiger partial charge in [-0.3, -0.25) is 14.4 Å². The molecule has 2 aromatic carbocycles. The van der Waals surface area contributed by atoms with Crippen LogP contribution in [0.4, 0.5) is 5.69 Å². The summed E-state index contributed by atoms with van der Waals surface area (Å²) in [5, 5.41) is 2.92. The number of nitrogens with one attached hydrogen (secondary N) is 1. The molecule has 0 aromatic heterocycles. The largest absolute Gasteiger partial charge is 0.336 e. The lowest BCUT2D eigenvalue weighted by atomic mass is 9.99. The smallest absolute Gasteiger partial charge is 0.255 e. The van der Waals surface area contributed by atoms with Crippen LogP contribution >= 0.6 is 0 Å². The number of amides is 3. The van der Waals surface area contributed by atoms with Crippen LogP contribution in [0, 0.1) is 6.92 Å². The van der Waals surface area contributed by atoms with E-state index in [4.69, 9.17) is 0 Å². The second kappa shape index (κ2) is 10.4. The number of hydrogen-bond donors (Lipinski definition) is 1. The van der Waals surface area contributed by atoms with Gasteiger partial charge >= 0.3 is 0 Å². The molecule has 2 saturated heterocycles. The zero-order valence-electron chi connectivity index (χ0n) is 20.5. The fourth-order valence-corrected chi connectivity index (χ4v) is 4.99. The zero-order chi connectivity index (χ0) is 24.2. The number of anilines is 1. The van der Waals surface area contributed by atoms with E-state index in [2.05, 4.69) is 19.2 Å². The lowest BCUT2D eigenvalue weighted by Crippen LogP contribution is -2.43. The average Bonchev–Trinajstić information content (AvgIpc) is 2.84. The Hall–Kier alpha value is -3.15. The maximum Gasteiger partial charge on any atom is 0.255 e. The molecule has 2 fully saturated rings. The molecular formula is C28H35N3O3. The van der Waals surface area contributed by atoms with E-state index in [0.29, 0.717) is 35.5 Å². The van der Waals surface area contributed by atoms with Gasteiger partial charge in [-0.1, -0.05) is 17.7 Å². The highest BCUT2D eigenvalue weighted by atomic mass is 16.2. The molecule has 6 nitrogen and oxygen atoms in total. The van der Waals surface area contributed by atoms with Crippen molar-refractivity contribution in [2.24, 2.45) is 0 Å². The number of nitrogens with zero attached hydrogens (tertiary/aromatic N) is 2. The number of rotatable bonds is 4. The number of carbonyl (C=O) groups is 3. The zero-order valence-corrected chi connectivity index (χ0v) is 20.5. The molecule has 0 aliphatic carbocycles. The van der Waals surface area contributed by atoms with Crippen molar-refractivity contribution in [1.29, 1.82) is 0 Å². The third-order valence-electron chi connectivity index (χ3n) is 7.13. The summed E-state index contributed by atoms with van der Waals surface area (Å²) in [5.74, 6) is -0.431. The maximum absolute atomic E-state index is 13.5. The summed E-state index contributed by atoms with van der Waals surface area (Å²) in [6, 6.07) is 12.8. The Morgan fingerprint density at radius 3 is 1.71 bits per heavy atom. The molecule has 2 aliphatic rings. The molecule has 34 heavy (non-hydrogen) atoms. The Morgan fingerprint density at radius 2 is 1.24 bits per heavy atom. The van der Waals surface area contributed by atoms with Crippen molar-refractivity contribution in [3.63, 3.8) is 0 Å². The van der Waals surface area contributed by atoms with Crippen LogP contribution in [0.25, 0.3) is 0 Å². The van der Waals surface area contributed by atoms with Gasteiger partial charge in [0.15, 0.2) is 0 Å². The fourth-order valence-electron chi connectivity index (χ4n) is 4.99. The van der Waals surface area contributed by atoms with E-state index in [-0.39, 0.29) is 29.8 Å². The molecule has 0 unspecified atom stereocenters. The lowest BCUT2D eigenvalue weighted by molar-refractivity contribution is 0.0633. The Morgan fingerprint density at radius 1 is 0.735 bits per heavy atom. The van der Waals surface area contributed by atoms with Gasteiger partial charge in [0.05, 0.1) is 0 Å². The molecule has 6 heteroatoms. The Bertz CT molecular complexity index is 1010. The summed E-state index contributed by atoms with van der Waals surface area (Å²) in [6.07, 6.45) is 6.16. The van der Waals surface area contributed by atoms with Gasteiger partial charge in [-0.15, -0.1) is 0 Å². The van der Waals surface area contributed by atoms with E-state index >= 15 is 0 Å². The van der Waals surface area contributed by atoms with E-state index in [0.717, 1.165) is 44.1 Å². The van der Waals surface area contributed by atoms with Gasteiger partial charge in [-0.05, 0) is 89.6 Å². The Balaban J connectivity index is 1.66. The van der Waals surface area contributed by atoms with Crippen LogP contribution in [0.1, 0.15) is 89.0 Å². The summed E-state index contributed by atoms with van der Waals surface area (Å²) in [4.78, 5) is 43.6. The SMILES string of the molecule is Cc1ccc(C(=O)Nc2cc(C(=O)N3CCCC[C@H]3C)cc(C(=O)N3CCCC[C@@H]3C)c2)cc1. The molecule has 0 saturated carbocycles. The van der Waals surface area contributed by atoms with Gasteiger partial charge in [0.25, 0.3) is 17.7 Å². The van der Waals surface area contributed by atoms with E-state index in [1.807, 2.05) is 28.9 Å². The normalized spacial score (nSPS) is 20.7. The highest BCUT2D eigenvalue weighted by molar-refractivity contribution is 6.07. The Kier molecular flexibility index (Phi) is 7.35. The van der Waals surface area contributed by atoms with Crippen molar-refractivity contribution in [3.8, 4) is 0 Å². The van der Waals surface area contributed by atoms with Gasteiger partial charge in [0.1, 0.15) is 0 Å². The molecule has 2 aromatic rings. The minimum atomic E-state index is -0.263. The first-order chi connectivity index (χ1) is 16.3. The standard InChI is InChI=1S/C28H35N3O3/c1-19-10-12-22(13-11-19)26(32)29-25-17-23(27(33)30-14-6-4-8-20(30)2)16-24(18-25)28(34)31-15-7-5-9-21(31)3/h10-13,16-18,20-21H,4-9,14-15H2,1-3H3,(H,29,32)/t20-,21+. The molecule has 2 aliphatic heterocycles. The maximum atomic E-state index is 13.5. The lowest BCUT2D eigenvalue weighted by Gasteiger charge is -2.34. The van der Waals surface area contributed by atoms with E-state index in [9.17, 15) is 14.4 Å². The molecule has 0 bridgehead atoms. The second-order valence-electron chi connectivity index (χ2n) is 9.81. The number of benzene rings is 2. The number of hydrogen-bond acceptors (Lipinski definition) is 3. The molecule has 1 N–H and O–H groups in total. The molecule has 2 heterocycles. The quantitative estimate of drug-likeness (QED) is 0.674. The monoisotopic (exact) mass is 461 g/mol. The van der Waals surface area contributed by atoms with Crippen LogP contribution in [0.5, 0.6) is 0 Å². The predicted octanol–water partition coefficient (Wildman–Crippen LogP) is 5.28. The topological polar surface area (TPSA) is 69.7 Å². The molecule has 4 rings (SSSR count). The van der Waals surface area contributed by atoms with Crippen LogP contribution < -0.4 is 5.32 Å². The summed E-state index contributed by atoms with van der Waals surface area (Å²) >= 11 is 0. The molecule has 0 spiro atoms. The molecular weight excluding hydrogens is 426 g/mol. The van der Waals surface area contributed by atoms with Gasteiger partial charge in [-0.2, -0.15) is 0 Å². The van der Waals surface area contributed by atoms with Crippen molar-refractivity contribution < 1.29 is 14.4 Å². The minimum Gasteiger partial charge on any atom is -0.336 e. The number of carbonyl (C=O) groups excluding carboxylic acids is 3. The minimum absolute atomic E-state index is 0.0839. The number of likely N-dealkylation sites (tertiary alicyclic amines) is 2. The molecule has 2 atom stereocenters. The first-order valence-corrected chi connectivity index (χ1v) is 12.5. The van der Waals surface area contributed by atoms with E-state index < -0.39 is 0 Å². The highest BCUT2D eigenvalue weighted by Crippen LogP contribution is 2.25. The third-order valence-corrected chi connectivity index (χ3v) is 7.13. The summed E-state index contributed by atoms with van der Waals surface area (Å²) < 4.78 is 0. The summed E-state index contributed by atoms with van der Waals surface area (Å²) in [7, 11) is 0. The predicted molar refractivity (Wildman–Crippen MR) is 134 cm³/mol. The number of aryl methyl sites for hydroxylation is 1. The van der Waals surface area contributed by atoms with Crippen molar-refractivity contribution in [1.82, 2.24) is 9.80 Å². The third kappa shape index (κ3) is 5.32. The van der Waals surface area contributed by atoms with Gasteiger partial charge in [-0.25, -0.2) is 0 Å². The number of piperidine rings is 2. The summed E-state index contributed by atoms with van der Waals surface area (Å²) in [6.45, 7) is 7.54. The van der Waals surface area contributed by atoms with Crippen molar-refractivity contribution in [2.45, 2.75) is 71.4 Å². The van der Waals surface area contributed by atoms with Crippen LogP contribution in [-0.2, 0) is 0 Å². The molecule has 0 radical (unpaired) electrons. The Labute approximate surface area is 202 Å². The van der Waals surface area contributed by atoms with Crippen molar-refractivity contribution >= 4 is 23.4 Å². The second-order valence-corrected chi connectivity index (χ2v) is 9.81. The summed E-state index contributed by atoms with van der Waals surface area (Å²) in [5.41, 5.74) is 2.97. The van der Waals surface area contributed by atoms with Gasteiger partial charge in [0, 0.05) is 47.6 Å². The fraction of sp³-hybridized carbons (Fsp3) is 0.464. The van der Waals surface area contributed by atoms with Crippen LogP contribution in [0.2, 0.25) is 0 Å². The van der Waals surface area contributed by atoms with Crippen molar-refractivity contribution in [2.75, 3.05) is 18.4 Å². The van der Waals surface area contributed by atoms with E-state index in [1.165, 1.54) is 0 Å². The van der Waals surface area contributed by atoms with E-state index in [1.54, 1.807) is 30.3 Å². The van der Waals surface area contributed by atoms with Crippen LogP contribution in [0.3, 0.4) is 0 Å². The molecule has 3 amide bonds. The van der Waals surface area contributed by atoms with Gasteiger partial charge in [0.2, 0.25) is 0 Å². The average molecular weight is 462 g/mol.